The van der Waals surface area contributed by atoms with Crippen molar-refractivity contribution in [3.05, 3.63) is 30.1 Å². The fourth-order valence-electron chi connectivity index (χ4n) is 2.08. The van der Waals surface area contributed by atoms with Crippen LogP contribution < -0.4 is 0 Å². The van der Waals surface area contributed by atoms with Crippen LogP contribution in [0.1, 0.15) is 25.3 Å². The number of pyridine rings is 1. The van der Waals surface area contributed by atoms with Crippen LogP contribution in [0.25, 0.3) is 0 Å². The minimum absolute atomic E-state index is 0.0428. The molecule has 0 aliphatic heterocycles. The van der Waals surface area contributed by atoms with Crippen molar-refractivity contribution in [2.75, 3.05) is 32.9 Å². The second-order valence-electron chi connectivity index (χ2n) is 5.33. The molecule has 0 aromatic carbocycles. The molecule has 1 aromatic heterocycles. The summed E-state index contributed by atoms with van der Waals surface area (Å²) in [5, 5.41) is 0. The zero-order valence-corrected chi connectivity index (χ0v) is 14.3. The molecular formula is C15H25N3O3S. The Morgan fingerprint density at radius 2 is 1.82 bits per heavy atom. The number of sulfonamides is 1. The van der Waals surface area contributed by atoms with Crippen molar-refractivity contribution in [3.63, 3.8) is 0 Å². The molecule has 1 amide bonds. The molecule has 0 aliphatic carbocycles. The molecule has 1 aromatic rings. The Balaban J connectivity index is 2.43. The van der Waals surface area contributed by atoms with Crippen molar-refractivity contribution in [1.29, 1.82) is 0 Å². The van der Waals surface area contributed by atoms with Crippen LogP contribution >= 0.6 is 0 Å². The second-order valence-corrected chi connectivity index (χ2v) is 7.32. The highest BCUT2D eigenvalue weighted by atomic mass is 32.2. The molecule has 1 rings (SSSR count). The van der Waals surface area contributed by atoms with Crippen LogP contribution in [0.5, 0.6) is 0 Å². The Morgan fingerprint density at radius 3 is 2.36 bits per heavy atom. The van der Waals surface area contributed by atoms with Gasteiger partial charge in [0, 0.05) is 45.5 Å². The van der Waals surface area contributed by atoms with Crippen LogP contribution in [0.2, 0.25) is 0 Å². The van der Waals surface area contributed by atoms with E-state index in [9.17, 15) is 13.2 Å². The van der Waals surface area contributed by atoms with E-state index in [4.69, 9.17) is 0 Å². The predicted molar refractivity (Wildman–Crippen MR) is 86.9 cm³/mol. The molecule has 0 radical (unpaired) electrons. The molecule has 22 heavy (non-hydrogen) atoms. The van der Waals surface area contributed by atoms with Crippen molar-refractivity contribution in [2.45, 2.75) is 26.2 Å². The third kappa shape index (κ3) is 6.53. The van der Waals surface area contributed by atoms with Gasteiger partial charge >= 0.3 is 0 Å². The molecule has 0 bridgehead atoms. The average Bonchev–Trinajstić information content (AvgIpc) is 2.48. The molecule has 6 nitrogen and oxygen atoms in total. The summed E-state index contributed by atoms with van der Waals surface area (Å²) in [4.78, 5) is 17.7. The van der Waals surface area contributed by atoms with E-state index in [0.29, 0.717) is 13.1 Å². The van der Waals surface area contributed by atoms with Gasteiger partial charge in [0.1, 0.15) is 0 Å². The first-order valence-corrected chi connectivity index (χ1v) is 9.27. The number of rotatable bonds is 9. The van der Waals surface area contributed by atoms with E-state index >= 15 is 0 Å². The van der Waals surface area contributed by atoms with Gasteiger partial charge in [-0.2, -0.15) is 0 Å². The molecule has 0 saturated heterocycles. The van der Waals surface area contributed by atoms with Crippen LogP contribution in [0.3, 0.4) is 0 Å². The van der Waals surface area contributed by atoms with Gasteiger partial charge in [-0.15, -0.1) is 0 Å². The first-order chi connectivity index (χ1) is 10.3. The highest BCUT2D eigenvalue weighted by molar-refractivity contribution is 7.88. The summed E-state index contributed by atoms with van der Waals surface area (Å²) in [5.41, 5.74) is 1.12. The lowest BCUT2D eigenvalue weighted by Crippen LogP contribution is -2.36. The second kappa shape index (κ2) is 8.85. The van der Waals surface area contributed by atoms with E-state index in [2.05, 4.69) is 4.98 Å². The minimum Gasteiger partial charge on any atom is -0.345 e. The van der Waals surface area contributed by atoms with Crippen LogP contribution in [0.15, 0.2) is 24.5 Å². The quantitative estimate of drug-likeness (QED) is 0.682. The predicted octanol–water partition coefficient (Wildman–Crippen LogP) is 1.14. The van der Waals surface area contributed by atoms with Gasteiger partial charge in [0.2, 0.25) is 15.9 Å². The van der Waals surface area contributed by atoms with Gasteiger partial charge in [-0.05, 0) is 30.5 Å². The van der Waals surface area contributed by atoms with E-state index in [1.165, 1.54) is 10.6 Å². The van der Waals surface area contributed by atoms with Crippen molar-refractivity contribution in [2.24, 2.45) is 0 Å². The van der Waals surface area contributed by atoms with Crippen LogP contribution in [-0.2, 0) is 21.2 Å². The number of hydrogen-bond donors (Lipinski definition) is 0. The van der Waals surface area contributed by atoms with Gasteiger partial charge in [-0.1, -0.05) is 6.92 Å². The Hall–Kier alpha value is -1.47. The Morgan fingerprint density at radius 1 is 1.18 bits per heavy atom. The van der Waals surface area contributed by atoms with Gasteiger partial charge in [0.05, 0.1) is 6.26 Å². The normalized spacial score (nSPS) is 11.6. The minimum atomic E-state index is -3.25. The molecule has 0 N–H and O–H groups in total. The van der Waals surface area contributed by atoms with Crippen molar-refractivity contribution in [3.8, 4) is 0 Å². The van der Waals surface area contributed by atoms with Gasteiger partial charge in [0.15, 0.2) is 0 Å². The molecular weight excluding hydrogens is 302 g/mol. The molecule has 124 valence electrons. The maximum absolute atomic E-state index is 12.1. The fourth-order valence-corrected chi connectivity index (χ4v) is 3.01. The number of carbonyl (C=O) groups excluding carboxylic acids is 1. The number of hydrogen-bond acceptors (Lipinski definition) is 4. The topological polar surface area (TPSA) is 70.6 Å². The summed E-state index contributed by atoms with van der Waals surface area (Å²) in [6, 6.07) is 3.84. The first-order valence-electron chi connectivity index (χ1n) is 7.42. The van der Waals surface area contributed by atoms with E-state index in [1.807, 2.05) is 19.1 Å². The highest BCUT2D eigenvalue weighted by Gasteiger charge is 2.18. The smallest absolute Gasteiger partial charge is 0.223 e. The van der Waals surface area contributed by atoms with Crippen molar-refractivity contribution < 1.29 is 13.2 Å². The summed E-state index contributed by atoms with van der Waals surface area (Å²) in [6.07, 6.45) is 6.34. The van der Waals surface area contributed by atoms with Crippen molar-refractivity contribution in [1.82, 2.24) is 14.2 Å². The first kappa shape index (κ1) is 18.6. The molecule has 0 atom stereocenters. The lowest BCUT2D eigenvalue weighted by Gasteiger charge is -2.21. The molecule has 0 spiro atoms. The van der Waals surface area contributed by atoms with Gasteiger partial charge in [-0.25, -0.2) is 12.7 Å². The number of amides is 1. The zero-order chi connectivity index (χ0) is 16.6. The Kier molecular flexibility index (Phi) is 7.47. The lowest BCUT2D eigenvalue weighted by atomic mass is 10.2. The molecule has 0 fully saturated rings. The summed E-state index contributed by atoms with van der Waals surface area (Å²) < 4.78 is 24.6. The number of carbonyl (C=O) groups is 1. The summed E-state index contributed by atoms with van der Waals surface area (Å²) in [7, 11) is -1.50. The van der Waals surface area contributed by atoms with Crippen LogP contribution in [0.4, 0.5) is 0 Å². The zero-order valence-electron chi connectivity index (χ0n) is 13.5. The third-order valence-corrected chi connectivity index (χ3v) is 4.73. The highest BCUT2D eigenvalue weighted by Crippen LogP contribution is 2.04. The standard InChI is InChI=1S/C15H25N3O3S/c1-4-11-18(22(3,20)21)13-8-15(19)17(2)12-7-14-5-9-16-10-6-14/h5-6,9-10H,4,7-8,11-13H2,1-3H3. The third-order valence-electron chi connectivity index (χ3n) is 3.43. The van der Waals surface area contributed by atoms with Gasteiger partial charge < -0.3 is 4.90 Å². The van der Waals surface area contributed by atoms with E-state index in [1.54, 1.807) is 24.3 Å². The molecule has 0 saturated carbocycles. The van der Waals surface area contributed by atoms with Crippen LogP contribution in [0, 0.1) is 0 Å². The van der Waals surface area contributed by atoms with Gasteiger partial charge in [-0.3, -0.25) is 9.78 Å². The van der Waals surface area contributed by atoms with E-state index in [0.717, 1.165) is 18.4 Å². The maximum atomic E-state index is 12.1. The summed E-state index contributed by atoms with van der Waals surface area (Å²) in [6.45, 7) is 3.22. The average molecular weight is 327 g/mol. The Labute approximate surface area is 133 Å². The molecule has 0 unspecified atom stereocenters. The largest absolute Gasteiger partial charge is 0.345 e. The van der Waals surface area contributed by atoms with Crippen molar-refractivity contribution >= 4 is 15.9 Å². The fraction of sp³-hybridized carbons (Fsp3) is 0.600. The SMILES string of the molecule is CCCN(CCC(=O)N(C)CCc1ccncc1)S(C)(=O)=O. The molecule has 1 heterocycles. The number of likely N-dealkylation sites (N-methyl/N-ethyl adjacent to an activating group) is 1. The van der Waals surface area contributed by atoms with Gasteiger partial charge in [0.25, 0.3) is 0 Å². The monoisotopic (exact) mass is 327 g/mol. The van der Waals surface area contributed by atoms with Crippen LogP contribution in [-0.4, -0.2) is 61.5 Å². The number of nitrogens with zero attached hydrogens (tertiary/aromatic N) is 3. The van der Waals surface area contributed by atoms with E-state index < -0.39 is 10.0 Å². The number of aromatic nitrogens is 1. The molecule has 7 heteroatoms. The van der Waals surface area contributed by atoms with E-state index in [-0.39, 0.29) is 18.9 Å². The summed E-state index contributed by atoms with van der Waals surface area (Å²) in [5.74, 6) is -0.0428. The maximum Gasteiger partial charge on any atom is 0.223 e. The Bertz CT molecular complexity index is 561. The lowest BCUT2D eigenvalue weighted by molar-refractivity contribution is -0.130. The molecule has 0 aliphatic rings. The summed E-state index contributed by atoms with van der Waals surface area (Å²) >= 11 is 0.